The molecule has 12 heteroatoms. The summed E-state index contributed by atoms with van der Waals surface area (Å²) in [6, 6.07) is 14.6. The molecule has 0 aliphatic heterocycles. The Morgan fingerprint density at radius 3 is 2.14 bits per heavy atom. The molecule has 0 saturated carbocycles. The van der Waals surface area contributed by atoms with Gasteiger partial charge in [-0.05, 0) is 99.0 Å². The number of carbonyl (C=O) groups excluding carboxylic acids is 2. The van der Waals surface area contributed by atoms with Crippen LogP contribution in [0.25, 0.3) is 0 Å². The van der Waals surface area contributed by atoms with E-state index in [4.69, 9.17) is 0 Å². The van der Waals surface area contributed by atoms with Crippen LogP contribution in [0.2, 0.25) is 0 Å². The summed E-state index contributed by atoms with van der Waals surface area (Å²) in [5, 5.41) is 16.0. The summed E-state index contributed by atoms with van der Waals surface area (Å²) in [4.78, 5) is 28.9. The lowest BCUT2D eigenvalue weighted by molar-refractivity contribution is 0.0755. The van der Waals surface area contributed by atoms with Crippen LogP contribution in [0.4, 0.5) is 8.78 Å². The van der Waals surface area contributed by atoms with E-state index in [-0.39, 0.29) is 22.4 Å². The van der Waals surface area contributed by atoms with E-state index in [1.54, 1.807) is 4.90 Å². The highest BCUT2D eigenvalue weighted by Gasteiger charge is 2.28. The van der Waals surface area contributed by atoms with Crippen LogP contribution >= 0.6 is 0 Å². The number of amides is 2. The lowest BCUT2D eigenvalue weighted by Crippen LogP contribution is -2.46. The molecular formula is C38H52F2N4O5S. The molecule has 0 saturated heterocycles. The van der Waals surface area contributed by atoms with E-state index >= 15 is 0 Å². The van der Waals surface area contributed by atoms with Gasteiger partial charge in [0.15, 0.2) is 0 Å². The van der Waals surface area contributed by atoms with Gasteiger partial charge in [-0.15, -0.1) is 0 Å². The van der Waals surface area contributed by atoms with Crippen LogP contribution in [0.15, 0.2) is 65.6 Å². The molecule has 0 spiro atoms. The number of halogens is 2. The minimum atomic E-state index is -4.29. The minimum Gasteiger partial charge on any atom is -0.394 e. The van der Waals surface area contributed by atoms with E-state index in [9.17, 15) is 31.9 Å². The second-order valence-corrected chi connectivity index (χ2v) is 15.4. The van der Waals surface area contributed by atoms with Crippen LogP contribution in [-0.2, 0) is 23.0 Å². The van der Waals surface area contributed by atoms with Crippen molar-refractivity contribution in [3.63, 3.8) is 0 Å². The Morgan fingerprint density at radius 2 is 1.54 bits per heavy atom. The summed E-state index contributed by atoms with van der Waals surface area (Å²) < 4.78 is 57.7. The Hall–Kier alpha value is -3.71. The van der Waals surface area contributed by atoms with Gasteiger partial charge < -0.3 is 20.6 Å². The molecule has 3 aromatic rings. The third-order valence-corrected chi connectivity index (χ3v) is 9.84. The van der Waals surface area contributed by atoms with Crippen molar-refractivity contribution in [3.05, 3.63) is 100 Å². The van der Waals surface area contributed by atoms with Gasteiger partial charge in [-0.25, -0.2) is 21.9 Å². The van der Waals surface area contributed by atoms with Gasteiger partial charge in [0.1, 0.15) is 11.6 Å². The number of carbonyl (C=O) groups is 2. The maximum Gasteiger partial charge on any atom is 0.253 e. The lowest BCUT2D eigenvalue weighted by Gasteiger charge is -2.25. The molecule has 0 radical (unpaired) electrons. The lowest BCUT2D eigenvalue weighted by atomic mass is 10.0. The average Bonchev–Trinajstić information content (AvgIpc) is 3.05. The third-order valence-electron chi connectivity index (χ3n) is 8.16. The van der Waals surface area contributed by atoms with Crippen molar-refractivity contribution in [3.8, 4) is 0 Å². The summed E-state index contributed by atoms with van der Waals surface area (Å²) in [5.74, 6) is -2.17. The van der Waals surface area contributed by atoms with E-state index in [1.807, 2.05) is 26.0 Å². The molecule has 0 bridgehead atoms. The van der Waals surface area contributed by atoms with Crippen molar-refractivity contribution >= 4 is 21.8 Å². The highest BCUT2D eigenvalue weighted by atomic mass is 32.2. The average molecular weight is 715 g/mol. The summed E-state index contributed by atoms with van der Waals surface area (Å²) in [6.45, 7) is 12.6. The summed E-state index contributed by atoms with van der Waals surface area (Å²) in [7, 11) is -4.29. The first-order valence-electron chi connectivity index (χ1n) is 17.2. The monoisotopic (exact) mass is 714 g/mol. The number of sulfonamides is 1. The Bertz CT molecular complexity index is 1690. The maximum absolute atomic E-state index is 14.1. The quantitative estimate of drug-likeness (QED) is 0.114. The molecule has 50 heavy (non-hydrogen) atoms. The molecule has 9 nitrogen and oxygen atoms in total. The number of benzene rings is 3. The molecular weight excluding hydrogens is 663 g/mol. The summed E-state index contributed by atoms with van der Waals surface area (Å²) in [6.07, 6.45) is 1.85. The Labute approximate surface area is 295 Å². The van der Waals surface area contributed by atoms with Crippen molar-refractivity contribution in [1.82, 2.24) is 20.3 Å². The second-order valence-electron chi connectivity index (χ2n) is 13.7. The van der Waals surface area contributed by atoms with Crippen molar-refractivity contribution in [1.29, 1.82) is 0 Å². The fraction of sp³-hybridized carbons (Fsp3) is 0.474. The topological polar surface area (TPSA) is 128 Å². The van der Waals surface area contributed by atoms with Crippen LogP contribution < -0.4 is 15.4 Å². The van der Waals surface area contributed by atoms with Gasteiger partial charge in [-0.1, -0.05) is 52.0 Å². The fourth-order valence-corrected chi connectivity index (χ4v) is 7.05. The zero-order chi connectivity index (χ0) is 37.1. The van der Waals surface area contributed by atoms with Gasteiger partial charge >= 0.3 is 0 Å². The molecule has 0 heterocycles. The zero-order valence-corrected chi connectivity index (χ0v) is 30.8. The fourth-order valence-electron chi connectivity index (χ4n) is 5.58. The molecule has 0 aliphatic carbocycles. The molecule has 3 rings (SSSR count). The van der Waals surface area contributed by atoms with Crippen LogP contribution in [0.1, 0.15) is 104 Å². The first kappa shape index (κ1) is 40.7. The van der Waals surface area contributed by atoms with Gasteiger partial charge in [0.2, 0.25) is 10.0 Å². The van der Waals surface area contributed by atoms with Gasteiger partial charge in [-0.3, -0.25) is 9.59 Å². The van der Waals surface area contributed by atoms with Crippen LogP contribution in [0, 0.1) is 11.6 Å². The minimum absolute atomic E-state index is 0.0239. The second kappa shape index (κ2) is 18.5. The van der Waals surface area contributed by atoms with E-state index < -0.39 is 51.7 Å². The van der Waals surface area contributed by atoms with E-state index in [1.165, 1.54) is 49.7 Å². The SMILES string of the molecule is CCCN(CCC)C(=O)c1cc(C(=O)N[C@H](CCNCc2cccc(C(C)C)c2)Cc2cc(F)cc(F)c2)cc(S(=O)(=O)NC(C)(C)CO)c1. The normalized spacial score (nSPS) is 12.6. The van der Waals surface area contributed by atoms with Crippen molar-refractivity contribution in [2.45, 2.75) is 96.2 Å². The van der Waals surface area contributed by atoms with Gasteiger partial charge in [0, 0.05) is 42.9 Å². The van der Waals surface area contributed by atoms with Crippen LogP contribution in [0.3, 0.4) is 0 Å². The first-order chi connectivity index (χ1) is 23.6. The predicted molar refractivity (Wildman–Crippen MR) is 193 cm³/mol. The molecule has 274 valence electrons. The molecule has 1 atom stereocenters. The summed E-state index contributed by atoms with van der Waals surface area (Å²) in [5.41, 5.74) is 1.39. The smallest absolute Gasteiger partial charge is 0.253 e. The predicted octanol–water partition coefficient (Wildman–Crippen LogP) is 5.92. The van der Waals surface area contributed by atoms with Crippen molar-refractivity contribution < 1.29 is 31.9 Å². The molecule has 3 aromatic carbocycles. The van der Waals surface area contributed by atoms with E-state index in [0.29, 0.717) is 56.9 Å². The zero-order valence-electron chi connectivity index (χ0n) is 30.0. The maximum atomic E-state index is 14.1. The molecule has 0 aliphatic rings. The first-order valence-corrected chi connectivity index (χ1v) is 18.7. The number of hydrogen-bond donors (Lipinski definition) is 4. The molecule has 0 aromatic heterocycles. The number of rotatable bonds is 19. The Morgan fingerprint density at radius 1 is 0.900 bits per heavy atom. The Kier molecular flexibility index (Phi) is 15.1. The summed E-state index contributed by atoms with van der Waals surface area (Å²) >= 11 is 0. The van der Waals surface area contributed by atoms with Gasteiger partial charge in [0.25, 0.3) is 11.8 Å². The highest BCUT2D eigenvalue weighted by molar-refractivity contribution is 7.89. The van der Waals surface area contributed by atoms with Crippen molar-refractivity contribution in [2.75, 3.05) is 26.2 Å². The van der Waals surface area contributed by atoms with Gasteiger partial charge in [-0.2, -0.15) is 0 Å². The number of nitrogens with one attached hydrogen (secondary N) is 3. The standard InChI is InChI=1S/C38H52F2N4O5S/c1-7-14-44(15-8-2)37(47)31-20-30(21-35(22-31)50(48,49)43-38(5,6)25-45)36(46)42-34(19-28-17-32(39)23-33(40)18-28)12-13-41-24-27-10-9-11-29(16-27)26(3)4/h9-11,16-18,20-23,26,34,41,43,45H,7-8,12-15,19,24-25H2,1-6H3,(H,42,46)/t34-/m1/s1. The highest BCUT2D eigenvalue weighted by Crippen LogP contribution is 2.21. The number of hydrogen-bond acceptors (Lipinski definition) is 6. The number of aliphatic hydroxyl groups is 1. The Balaban J connectivity index is 1.95. The van der Waals surface area contributed by atoms with Gasteiger partial charge in [0.05, 0.1) is 17.0 Å². The number of nitrogens with zero attached hydrogens (tertiary/aromatic N) is 1. The van der Waals surface area contributed by atoms with Crippen LogP contribution in [0.5, 0.6) is 0 Å². The van der Waals surface area contributed by atoms with E-state index in [0.717, 1.165) is 11.6 Å². The van der Waals surface area contributed by atoms with Crippen molar-refractivity contribution in [2.24, 2.45) is 0 Å². The molecule has 2 amide bonds. The molecule has 0 fully saturated rings. The van der Waals surface area contributed by atoms with Crippen LogP contribution in [-0.4, -0.2) is 68.1 Å². The number of aliphatic hydroxyl groups excluding tert-OH is 1. The largest absolute Gasteiger partial charge is 0.394 e. The third kappa shape index (κ3) is 12.3. The van der Waals surface area contributed by atoms with E-state index in [2.05, 4.69) is 41.3 Å². The molecule has 0 unspecified atom stereocenters. The molecule has 4 N–H and O–H groups in total.